The fraction of sp³-hybridized carbons (Fsp3) is 0.590. The summed E-state index contributed by atoms with van der Waals surface area (Å²) in [5.74, 6) is -6.90. The summed E-state index contributed by atoms with van der Waals surface area (Å²) in [5, 5.41) is 13.2. The van der Waals surface area contributed by atoms with E-state index in [1.54, 1.807) is 70.8 Å². The van der Waals surface area contributed by atoms with Gasteiger partial charge in [-0.2, -0.15) is 0 Å². The smallest absolute Gasteiger partial charge is 0.410 e. The lowest BCUT2D eigenvalue weighted by atomic mass is 9.90. The normalized spacial score (nSPS) is 16.3. The van der Waals surface area contributed by atoms with E-state index in [0.717, 1.165) is 15.9 Å². The van der Waals surface area contributed by atoms with Crippen molar-refractivity contribution in [3.63, 3.8) is 0 Å². The molecule has 86 heavy (non-hydrogen) atoms. The summed E-state index contributed by atoms with van der Waals surface area (Å²) in [4.78, 5) is 149. The van der Waals surface area contributed by atoms with Crippen molar-refractivity contribution in [3.8, 4) is 5.75 Å². The molecule has 24 nitrogen and oxygen atoms in total. The van der Waals surface area contributed by atoms with Crippen LogP contribution in [0.1, 0.15) is 116 Å². The molecule has 0 radical (unpaired) electrons. The van der Waals surface area contributed by atoms with Crippen molar-refractivity contribution in [2.24, 2.45) is 23.7 Å². The van der Waals surface area contributed by atoms with Gasteiger partial charge in [-0.05, 0) is 73.3 Å². The van der Waals surface area contributed by atoms with Crippen LogP contribution in [0.5, 0.6) is 5.75 Å². The van der Waals surface area contributed by atoms with E-state index in [9.17, 15) is 57.1 Å². The summed E-state index contributed by atoms with van der Waals surface area (Å²) < 4.78 is 36.9. The van der Waals surface area contributed by atoms with Gasteiger partial charge in [0.1, 0.15) is 30.3 Å². The molecule has 2 heterocycles. The van der Waals surface area contributed by atoms with Crippen molar-refractivity contribution in [3.05, 3.63) is 71.6 Å². The molecule has 2 aromatic rings. The summed E-state index contributed by atoms with van der Waals surface area (Å²) >= 11 is 0. The lowest BCUT2D eigenvalue weighted by Crippen LogP contribution is -2.55. The first-order valence-corrected chi connectivity index (χ1v) is 29.2. The standard InChI is InChI=1S/C61H88FN9O15/c1-13-38(6)56(47(84-11)31-52(77)70-29-17-18-45(70)57(85-12)39(7)58(79)63-32-46(72)43-25-24-42(83-10)30-44(43)62)68(8)53(78)34-65-60(81)55(37(4)5)69(9)61(82)86-35-40-20-22-41(23-21-40)66-49(74)33-64-59(80)54(36(2)3)67-48(73)19-15-14-16-28-71-50(75)26-27-51(71)76/h20-27,30,36-39,45,47,54-57H,13-19,28-29,31-35H2,1-12H3,(H,63,79)(H,64,80)(H,65,81)(H,66,74)(H,67,73)/t38-,39+,45-,47+,54?,55?,56?,57+/m0/s1. The van der Waals surface area contributed by atoms with Crippen LogP contribution in [-0.4, -0.2) is 189 Å². The maximum atomic E-state index is 14.6. The number of benzene rings is 2. The molecule has 1 fully saturated rings. The molecule has 5 N–H and O–H groups in total. The predicted octanol–water partition coefficient (Wildman–Crippen LogP) is 4.14. The van der Waals surface area contributed by atoms with E-state index in [2.05, 4.69) is 26.6 Å². The largest absolute Gasteiger partial charge is 0.497 e. The third kappa shape index (κ3) is 20.2. The van der Waals surface area contributed by atoms with E-state index >= 15 is 0 Å². The number of hydrogen-bond acceptors (Lipinski definition) is 15. The SMILES string of the molecule is CC[C@H](C)C([C@@H](CC(=O)N1CCC[C@H]1[C@H](OC)[C@@H](C)C(=O)NCC(=O)c1ccc(OC)cc1F)OC)N(C)C(=O)CNC(=O)C(C(C)C)N(C)C(=O)OCc1ccc(NC(=O)CNC(=O)C(NC(=O)CCCCCN2C(=O)C=CC2=O)C(C)C)cc1. The molecule has 25 heteroatoms. The number of methoxy groups -OCH3 is 3. The minimum Gasteiger partial charge on any atom is -0.497 e. The monoisotopic (exact) mass is 1210 g/mol. The number of rotatable bonds is 34. The van der Waals surface area contributed by atoms with Crippen molar-refractivity contribution in [2.75, 3.05) is 73.5 Å². The average molecular weight is 1210 g/mol. The van der Waals surface area contributed by atoms with Gasteiger partial charge < -0.3 is 55.3 Å². The Labute approximate surface area is 503 Å². The molecular weight excluding hydrogens is 1120 g/mol. The highest BCUT2D eigenvalue weighted by Gasteiger charge is 2.42. The minimum absolute atomic E-state index is 0.125. The molecule has 8 atom stereocenters. The topological polar surface area (TPSA) is 298 Å². The molecule has 4 rings (SSSR count). The molecule has 0 saturated carbocycles. The molecule has 2 aliphatic rings. The van der Waals surface area contributed by atoms with Gasteiger partial charge in [-0.3, -0.25) is 57.7 Å². The quantitative estimate of drug-likeness (QED) is 0.0374. The summed E-state index contributed by atoms with van der Waals surface area (Å²) in [6.45, 7) is 11.7. The fourth-order valence-corrected chi connectivity index (χ4v) is 10.6. The number of carbonyl (C=O) groups is 11. The van der Waals surface area contributed by atoms with Crippen LogP contribution in [0.4, 0.5) is 14.9 Å². The molecule has 2 aromatic carbocycles. The first kappa shape index (κ1) is 70.7. The maximum absolute atomic E-state index is 14.6. The Bertz CT molecular complexity index is 2720. The zero-order valence-corrected chi connectivity index (χ0v) is 51.7. The molecule has 0 aromatic heterocycles. The van der Waals surface area contributed by atoms with Gasteiger partial charge in [0.2, 0.25) is 41.4 Å². The number of Topliss-reactive ketones (excluding diaryl/α,β-unsaturated/α-hetero) is 1. The Morgan fingerprint density at radius 2 is 1.40 bits per heavy atom. The number of imide groups is 1. The van der Waals surface area contributed by atoms with Crippen LogP contribution in [0.25, 0.3) is 0 Å². The second-order valence-electron chi connectivity index (χ2n) is 22.4. The third-order valence-corrected chi connectivity index (χ3v) is 15.7. The number of likely N-dealkylation sites (tertiary alicyclic amines) is 1. The Morgan fingerprint density at radius 1 is 0.744 bits per heavy atom. The van der Waals surface area contributed by atoms with Crippen molar-refractivity contribution in [2.45, 2.75) is 143 Å². The highest BCUT2D eigenvalue weighted by atomic mass is 19.1. The van der Waals surface area contributed by atoms with E-state index in [1.165, 1.54) is 57.6 Å². The number of ether oxygens (including phenoxy) is 4. The Kier molecular flexibility index (Phi) is 28.3. The number of hydrogen-bond donors (Lipinski definition) is 5. The van der Waals surface area contributed by atoms with E-state index in [4.69, 9.17) is 18.9 Å². The highest BCUT2D eigenvalue weighted by molar-refractivity contribution is 6.12. The number of likely N-dealkylation sites (N-methyl/N-ethyl adjacent to an activating group) is 2. The van der Waals surface area contributed by atoms with Crippen molar-refractivity contribution in [1.29, 1.82) is 0 Å². The van der Waals surface area contributed by atoms with Gasteiger partial charge in [0.15, 0.2) is 5.78 Å². The number of anilines is 1. The van der Waals surface area contributed by atoms with Gasteiger partial charge in [-0.15, -0.1) is 0 Å². The number of amides is 10. The van der Waals surface area contributed by atoms with Gasteiger partial charge in [0.25, 0.3) is 11.8 Å². The maximum Gasteiger partial charge on any atom is 0.410 e. The third-order valence-electron chi connectivity index (χ3n) is 15.7. The predicted molar refractivity (Wildman–Crippen MR) is 315 cm³/mol. The van der Waals surface area contributed by atoms with Crippen molar-refractivity contribution >= 4 is 70.7 Å². The van der Waals surface area contributed by atoms with Crippen molar-refractivity contribution < 1.29 is 76.1 Å². The number of halogens is 1. The van der Waals surface area contributed by atoms with E-state index < -0.39 is 109 Å². The van der Waals surface area contributed by atoms with E-state index in [0.29, 0.717) is 56.3 Å². The number of carbonyl (C=O) groups excluding carboxylic acids is 11. The van der Waals surface area contributed by atoms with Gasteiger partial charge >= 0.3 is 6.09 Å². The second kappa shape index (κ2) is 34.4. The zero-order chi connectivity index (χ0) is 63.9. The number of nitrogens with one attached hydrogen (secondary N) is 5. The molecule has 10 amide bonds. The van der Waals surface area contributed by atoms with E-state index in [-0.39, 0.29) is 79.3 Å². The number of unbranched alkanes of at least 4 members (excludes halogenated alkanes) is 2. The van der Waals surface area contributed by atoms with Gasteiger partial charge in [0, 0.05) is 71.7 Å². The zero-order valence-electron chi connectivity index (χ0n) is 51.7. The average Bonchev–Trinajstić information content (AvgIpc) is 2.96. The van der Waals surface area contributed by atoms with Crippen LogP contribution in [0, 0.1) is 29.5 Å². The first-order valence-electron chi connectivity index (χ1n) is 29.2. The number of nitrogens with zero attached hydrogens (tertiary/aromatic N) is 4. The molecule has 2 aliphatic heterocycles. The van der Waals surface area contributed by atoms with Crippen LogP contribution < -0.4 is 31.3 Å². The van der Waals surface area contributed by atoms with Crippen molar-refractivity contribution in [1.82, 2.24) is 40.9 Å². The molecule has 0 spiro atoms. The van der Waals surface area contributed by atoms with Crippen LogP contribution in [0.2, 0.25) is 0 Å². The lowest BCUT2D eigenvalue weighted by molar-refractivity contribution is -0.145. The van der Waals surface area contributed by atoms with E-state index in [1.807, 2.05) is 13.8 Å². The molecule has 1 saturated heterocycles. The Morgan fingerprint density at radius 3 is 1.99 bits per heavy atom. The summed E-state index contributed by atoms with van der Waals surface area (Å²) in [5.41, 5.74) is 0.744. The van der Waals surface area contributed by atoms with Crippen LogP contribution in [0.15, 0.2) is 54.6 Å². The van der Waals surface area contributed by atoms with Gasteiger partial charge in [0.05, 0.1) is 68.9 Å². The molecule has 474 valence electrons. The van der Waals surface area contributed by atoms with Crippen LogP contribution >= 0.6 is 0 Å². The molecular formula is C61H88FN9O15. The summed E-state index contributed by atoms with van der Waals surface area (Å²) in [6, 6.07) is 7.13. The lowest BCUT2D eigenvalue weighted by Gasteiger charge is -2.39. The Balaban J connectivity index is 1.25. The van der Waals surface area contributed by atoms with Gasteiger partial charge in [-0.25, -0.2) is 9.18 Å². The number of ketones is 1. The fourth-order valence-electron chi connectivity index (χ4n) is 10.6. The molecule has 3 unspecified atom stereocenters. The van der Waals surface area contributed by atoms with Crippen LogP contribution in [-0.2, 0) is 64.0 Å². The Hall–Kier alpha value is -7.80. The molecule has 0 aliphatic carbocycles. The highest BCUT2D eigenvalue weighted by Crippen LogP contribution is 2.30. The molecule has 0 bridgehead atoms. The summed E-state index contributed by atoms with van der Waals surface area (Å²) in [6.07, 6.45) is 3.46. The first-order chi connectivity index (χ1) is 40.8. The minimum atomic E-state index is -1.05. The van der Waals surface area contributed by atoms with Gasteiger partial charge in [-0.1, -0.05) is 73.4 Å². The summed E-state index contributed by atoms with van der Waals surface area (Å²) in [7, 11) is 7.26. The van der Waals surface area contributed by atoms with Crippen LogP contribution in [0.3, 0.4) is 0 Å². The second-order valence-corrected chi connectivity index (χ2v) is 22.4.